The standard InChI is InChI=1S/C13H16ClNO3/c1-2-15(7-6-14)13(16)10-4-3-5-11-12(10)18-9-8-17-11/h3-5H,2,6-9H2,1H3. The van der Waals surface area contributed by atoms with Gasteiger partial charge in [0.1, 0.15) is 13.2 Å². The van der Waals surface area contributed by atoms with Gasteiger partial charge < -0.3 is 14.4 Å². The van der Waals surface area contributed by atoms with Crippen LogP contribution in [0.4, 0.5) is 0 Å². The van der Waals surface area contributed by atoms with Crippen LogP contribution in [0.2, 0.25) is 0 Å². The highest BCUT2D eigenvalue weighted by atomic mass is 35.5. The van der Waals surface area contributed by atoms with Crippen LogP contribution in [-0.2, 0) is 0 Å². The lowest BCUT2D eigenvalue weighted by Crippen LogP contribution is -2.33. The molecule has 0 N–H and O–H groups in total. The van der Waals surface area contributed by atoms with E-state index in [4.69, 9.17) is 21.1 Å². The summed E-state index contributed by atoms with van der Waals surface area (Å²) in [4.78, 5) is 14.1. The molecule has 0 aromatic heterocycles. The van der Waals surface area contributed by atoms with Crippen LogP contribution in [0.5, 0.6) is 11.5 Å². The third-order valence-corrected chi connectivity index (χ3v) is 2.99. The van der Waals surface area contributed by atoms with E-state index >= 15 is 0 Å². The first-order valence-corrected chi connectivity index (χ1v) is 6.55. The Kier molecular flexibility index (Phi) is 4.31. The van der Waals surface area contributed by atoms with Crippen molar-refractivity contribution in [2.45, 2.75) is 6.92 Å². The van der Waals surface area contributed by atoms with Crippen molar-refractivity contribution in [3.63, 3.8) is 0 Å². The largest absolute Gasteiger partial charge is 0.486 e. The van der Waals surface area contributed by atoms with Crippen molar-refractivity contribution in [1.82, 2.24) is 4.90 Å². The van der Waals surface area contributed by atoms with Crippen LogP contribution in [0, 0.1) is 0 Å². The molecule has 0 saturated carbocycles. The van der Waals surface area contributed by atoms with Crippen molar-refractivity contribution >= 4 is 17.5 Å². The molecule has 2 rings (SSSR count). The van der Waals surface area contributed by atoms with Gasteiger partial charge in [-0.15, -0.1) is 11.6 Å². The van der Waals surface area contributed by atoms with Crippen molar-refractivity contribution in [3.8, 4) is 11.5 Å². The van der Waals surface area contributed by atoms with Crippen molar-refractivity contribution in [2.24, 2.45) is 0 Å². The molecule has 1 aromatic rings. The Balaban J connectivity index is 2.29. The number of para-hydroxylation sites is 1. The first kappa shape index (κ1) is 13.0. The molecule has 0 spiro atoms. The number of carbonyl (C=O) groups is 1. The van der Waals surface area contributed by atoms with Gasteiger partial charge in [-0.2, -0.15) is 0 Å². The number of nitrogens with zero attached hydrogens (tertiary/aromatic N) is 1. The van der Waals surface area contributed by atoms with Gasteiger partial charge in [-0.1, -0.05) is 6.07 Å². The number of rotatable bonds is 4. The van der Waals surface area contributed by atoms with Crippen molar-refractivity contribution in [1.29, 1.82) is 0 Å². The molecule has 1 aliphatic heterocycles. The summed E-state index contributed by atoms with van der Waals surface area (Å²) in [6.07, 6.45) is 0. The average molecular weight is 270 g/mol. The van der Waals surface area contributed by atoms with Gasteiger partial charge in [-0.3, -0.25) is 4.79 Å². The molecule has 18 heavy (non-hydrogen) atoms. The summed E-state index contributed by atoms with van der Waals surface area (Å²) in [5.74, 6) is 1.53. The smallest absolute Gasteiger partial charge is 0.257 e. The van der Waals surface area contributed by atoms with Crippen molar-refractivity contribution in [3.05, 3.63) is 23.8 Å². The van der Waals surface area contributed by atoms with Gasteiger partial charge in [0.15, 0.2) is 11.5 Å². The number of hydrogen-bond donors (Lipinski definition) is 0. The Bertz CT molecular complexity index is 436. The minimum absolute atomic E-state index is 0.0690. The van der Waals surface area contributed by atoms with Crippen LogP contribution in [-0.4, -0.2) is 43.0 Å². The van der Waals surface area contributed by atoms with Crippen molar-refractivity contribution < 1.29 is 14.3 Å². The van der Waals surface area contributed by atoms with E-state index in [1.807, 2.05) is 13.0 Å². The van der Waals surface area contributed by atoms with Gasteiger partial charge in [-0.05, 0) is 19.1 Å². The Morgan fingerprint density at radius 3 is 2.89 bits per heavy atom. The molecule has 1 amide bonds. The zero-order chi connectivity index (χ0) is 13.0. The number of benzene rings is 1. The predicted octanol–water partition coefficient (Wildman–Crippen LogP) is 2.16. The average Bonchev–Trinajstić information content (AvgIpc) is 2.43. The fraction of sp³-hybridized carbons (Fsp3) is 0.462. The van der Waals surface area contributed by atoms with E-state index in [-0.39, 0.29) is 5.91 Å². The second-order valence-electron chi connectivity index (χ2n) is 3.90. The first-order chi connectivity index (χ1) is 8.77. The second-order valence-corrected chi connectivity index (χ2v) is 4.28. The van der Waals surface area contributed by atoms with E-state index in [1.165, 1.54) is 0 Å². The van der Waals surface area contributed by atoms with Crippen LogP contribution in [0.25, 0.3) is 0 Å². The van der Waals surface area contributed by atoms with Crippen LogP contribution in [0.1, 0.15) is 17.3 Å². The molecular weight excluding hydrogens is 254 g/mol. The van der Waals surface area contributed by atoms with Gasteiger partial charge >= 0.3 is 0 Å². The molecule has 1 aromatic carbocycles. The molecule has 0 radical (unpaired) electrons. The molecule has 5 heteroatoms. The fourth-order valence-corrected chi connectivity index (χ4v) is 2.12. The maximum atomic E-state index is 12.4. The van der Waals surface area contributed by atoms with Crippen LogP contribution in [0.15, 0.2) is 18.2 Å². The number of fused-ring (bicyclic) bond motifs is 1. The third kappa shape index (κ3) is 2.53. The summed E-state index contributed by atoms with van der Waals surface area (Å²) in [5.41, 5.74) is 0.541. The molecule has 0 bridgehead atoms. The highest BCUT2D eigenvalue weighted by Crippen LogP contribution is 2.34. The quantitative estimate of drug-likeness (QED) is 0.787. The third-order valence-electron chi connectivity index (χ3n) is 2.82. The zero-order valence-electron chi connectivity index (χ0n) is 10.3. The highest BCUT2D eigenvalue weighted by Gasteiger charge is 2.23. The fourth-order valence-electron chi connectivity index (χ4n) is 1.92. The zero-order valence-corrected chi connectivity index (χ0v) is 11.1. The first-order valence-electron chi connectivity index (χ1n) is 6.01. The Morgan fingerprint density at radius 2 is 2.17 bits per heavy atom. The molecule has 0 fully saturated rings. The maximum Gasteiger partial charge on any atom is 0.257 e. The van der Waals surface area contributed by atoms with Gasteiger partial charge in [0.05, 0.1) is 5.56 Å². The maximum absolute atomic E-state index is 12.4. The number of halogens is 1. The topological polar surface area (TPSA) is 38.8 Å². The van der Waals surface area contributed by atoms with E-state index in [2.05, 4.69) is 0 Å². The number of alkyl halides is 1. The van der Waals surface area contributed by atoms with E-state index in [1.54, 1.807) is 17.0 Å². The van der Waals surface area contributed by atoms with Gasteiger partial charge in [0, 0.05) is 19.0 Å². The van der Waals surface area contributed by atoms with Gasteiger partial charge in [-0.25, -0.2) is 0 Å². The monoisotopic (exact) mass is 269 g/mol. The van der Waals surface area contributed by atoms with E-state index in [9.17, 15) is 4.79 Å². The SMILES string of the molecule is CCN(CCCl)C(=O)c1cccc2c1OCCO2. The van der Waals surface area contributed by atoms with Gasteiger partial charge in [0.25, 0.3) is 5.91 Å². The van der Waals surface area contributed by atoms with Crippen LogP contribution < -0.4 is 9.47 Å². The molecule has 4 nitrogen and oxygen atoms in total. The molecule has 1 heterocycles. The summed E-state index contributed by atoms with van der Waals surface area (Å²) >= 11 is 5.70. The number of hydrogen-bond acceptors (Lipinski definition) is 3. The Morgan fingerprint density at radius 1 is 1.39 bits per heavy atom. The lowest BCUT2D eigenvalue weighted by atomic mass is 10.1. The molecule has 0 aliphatic carbocycles. The number of carbonyl (C=O) groups excluding carboxylic acids is 1. The molecule has 98 valence electrons. The summed E-state index contributed by atoms with van der Waals surface area (Å²) in [5, 5.41) is 0. The Labute approximate surface area is 111 Å². The Hall–Kier alpha value is -1.42. The lowest BCUT2D eigenvalue weighted by Gasteiger charge is -2.24. The molecule has 0 unspecified atom stereocenters. The minimum atomic E-state index is -0.0690. The minimum Gasteiger partial charge on any atom is -0.486 e. The number of amides is 1. The molecule has 1 aliphatic rings. The van der Waals surface area contributed by atoms with Crippen LogP contribution >= 0.6 is 11.6 Å². The number of ether oxygens (including phenoxy) is 2. The summed E-state index contributed by atoms with van der Waals surface area (Å²) in [6.45, 7) is 4.07. The van der Waals surface area contributed by atoms with Crippen LogP contribution in [0.3, 0.4) is 0 Å². The molecule has 0 saturated heterocycles. The molecule has 0 atom stereocenters. The predicted molar refractivity (Wildman–Crippen MR) is 69.7 cm³/mol. The second kappa shape index (κ2) is 5.96. The van der Waals surface area contributed by atoms with E-state index < -0.39 is 0 Å². The van der Waals surface area contributed by atoms with Gasteiger partial charge in [0.2, 0.25) is 0 Å². The normalized spacial score (nSPS) is 13.2. The van der Waals surface area contributed by atoms with E-state index in [0.29, 0.717) is 49.2 Å². The summed E-state index contributed by atoms with van der Waals surface area (Å²) < 4.78 is 11.0. The molecular formula is C13H16ClNO3. The van der Waals surface area contributed by atoms with Crippen molar-refractivity contribution in [2.75, 3.05) is 32.2 Å². The lowest BCUT2D eigenvalue weighted by molar-refractivity contribution is 0.0763. The van der Waals surface area contributed by atoms with E-state index in [0.717, 1.165) is 0 Å². The summed E-state index contributed by atoms with van der Waals surface area (Å²) in [7, 11) is 0. The highest BCUT2D eigenvalue weighted by molar-refractivity contribution is 6.18. The summed E-state index contributed by atoms with van der Waals surface area (Å²) in [6, 6.07) is 5.37.